The minimum atomic E-state index is -0.0502. The van der Waals surface area contributed by atoms with E-state index in [0.717, 1.165) is 12.1 Å². The van der Waals surface area contributed by atoms with E-state index in [2.05, 4.69) is 19.0 Å². The lowest BCUT2D eigenvalue weighted by Crippen LogP contribution is -2.54. The molecule has 1 aromatic heterocycles. The van der Waals surface area contributed by atoms with Gasteiger partial charge in [0, 0.05) is 19.1 Å². The molecule has 0 saturated carbocycles. The van der Waals surface area contributed by atoms with Crippen molar-refractivity contribution in [1.29, 1.82) is 0 Å². The van der Waals surface area contributed by atoms with Crippen molar-refractivity contribution in [2.75, 3.05) is 13.1 Å². The first kappa shape index (κ1) is 17.0. The van der Waals surface area contributed by atoms with Gasteiger partial charge in [0.25, 0.3) is 5.91 Å². The van der Waals surface area contributed by atoms with Gasteiger partial charge in [0.2, 0.25) is 0 Å². The molecule has 1 aliphatic heterocycles. The molecule has 1 amide bonds. The monoisotopic (exact) mass is 301 g/mol. The molecule has 0 spiro atoms. The molecular formula is C14H24ClN3O2. The highest BCUT2D eigenvalue weighted by atomic mass is 35.5. The van der Waals surface area contributed by atoms with Crippen molar-refractivity contribution < 1.29 is 9.32 Å². The van der Waals surface area contributed by atoms with Gasteiger partial charge in [-0.1, -0.05) is 25.9 Å². The van der Waals surface area contributed by atoms with Crippen LogP contribution in [-0.4, -0.2) is 35.1 Å². The molecule has 2 rings (SSSR count). The van der Waals surface area contributed by atoms with Gasteiger partial charge in [0.1, 0.15) is 11.3 Å². The molecule has 1 aromatic rings. The van der Waals surface area contributed by atoms with Crippen LogP contribution in [0.5, 0.6) is 0 Å². The van der Waals surface area contributed by atoms with E-state index in [0.29, 0.717) is 30.8 Å². The third kappa shape index (κ3) is 2.99. The third-order valence-corrected chi connectivity index (χ3v) is 4.08. The van der Waals surface area contributed by atoms with Gasteiger partial charge in [-0.3, -0.25) is 4.79 Å². The fraction of sp³-hybridized carbons (Fsp3) is 0.714. The van der Waals surface area contributed by atoms with Crippen molar-refractivity contribution in [3.05, 3.63) is 17.0 Å². The average molecular weight is 302 g/mol. The number of hydrogen-bond acceptors (Lipinski definition) is 4. The maximum absolute atomic E-state index is 12.6. The van der Waals surface area contributed by atoms with Crippen molar-refractivity contribution in [3.63, 3.8) is 0 Å². The Morgan fingerprint density at radius 1 is 1.55 bits per heavy atom. The molecule has 0 aliphatic carbocycles. The standard InChI is InChI=1S/C14H23N3O2.ClH/c1-5-10-12(9(2)19-16-10)13(18)17-7-6-11(15)14(3,4)8-17;/h11H,5-8,15H2,1-4H3;1H. The van der Waals surface area contributed by atoms with Crippen molar-refractivity contribution in [3.8, 4) is 0 Å². The van der Waals surface area contributed by atoms with E-state index in [1.807, 2.05) is 11.8 Å². The Balaban J connectivity index is 0.00000200. The van der Waals surface area contributed by atoms with E-state index in [1.54, 1.807) is 6.92 Å². The number of hydrogen-bond donors (Lipinski definition) is 1. The molecule has 6 heteroatoms. The summed E-state index contributed by atoms with van der Waals surface area (Å²) in [6, 6.07) is 0.144. The first-order valence-corrected chi connectivity index (χ1v) is 6.86. The van der Waals surface area contributed by atoms with Crippen LogP contribution in [0.2, 0.25) is 0 Å². The highest BCUT2D eigenvalue weighted by Gasteiger charge is 2.37. The van der Waals surface area contributed by atoms with Gasteiger partial charge in [0.05, 0.1) is 5.69 Å². The van der Waals surface area contributed by atoms with Gasteiger partial charge < -0.3 is 15.2 Å². The number of carbonyl (C=O) groups excluding carboxylic acids is 1. The molecule has 0 radical (unpaired) electrons. The number of rotatable bonds is 2. The first-order chi connectivity index (χ1) is 8.86. The van der Waals surface area contributed by atoms with Crippen LogP contribution in [0.4, 0.5) is 0 Å². The molecule has 2 heterocycles. The number of carbonyl (C=O) groups is 1. The van der Waals surface area contributed by atoms with Crippen LogP contribution in [0.3, 0.4) is 0 Å². The smallest absolute Gasteiger partial charge is 0.259 e. The van der Waals surface area contributed by atoms with Crippen LogP contribution < -0.4 is 5.73 Å². The maximum atomic E-state index is 12.6. The Morgan fingerprint density at radius 3 is 2.75 bits per heavy atom. The zero-order chi connectivity index (χ0) is 14.2. The predicted molar refractivity (Wildman–Crippen MR) is 80.1 cm³/mol. The molecule has 1 unspecified atom stereocenters. The molecule has 1 atom stereocenters. The van der Waals surface area contributed by atoms with Crippen molar-refractivity contribution in [2.24, 2.45) is 11.1 Å². The van der Waals surface area contributed by atoms with Crippen LogP contribution in [0.15, 0.2) is 4.52 Å². The SMILES string of the molecule is CCc1noc(C)c1C(=O)N1CCC(N)C(C)(C)C1.Cl. The molecule has 1 aliphatic rings. The van der Waals surface area contributed by atoms with Crippen LogP contribution in [-0.2, 0) is 6.42 Å². The maximum Gasteiger partial charge on any atom is 0.259 e. The van der Waals surface area contributed by atoms with E-state index in [9.17, 15) is 4.79 Å². The minimum Gasteiger partial charge on any atom is -0.361 e. The molecule has 20 heavy (non-hydrogen) atoms. The van der Waals surface area contributed by atoms with Gasteiger partial charge >= 0.3 is 0 Å². The largest absolute Gasteiger partial charge is 0.361 e. The summed E-state index contributed by atoms with van der Waals surface area (Å²) < 4.78 is 5.15. The Labute approximate surface area is 126 Å². The molecule has 0 aromatic carbocycles. The molecular weight excluding hydrogens is 278 g/mol. The van der Waals surface area contributed by atoms with Gasteiger partial charge in [-0.15, -0.1) is 12.4 Å². The van der Waals surface area contributed by atoms with Crippen LogP contribution in [0.1, 0.15) is 49.0 Å². The molecule has 1 fully saturated rings. The number of nitrogens with two attached hydrogens (primary N) is 1. The van der Waals surface area contributed by atoms with Crippen molar-refractivity contribution in [2.45, 2.75) is 46.6 Å². The Kier molecular flexibility index (Phi) is 5.21. The zero-order valence-corrected chi connectivity index (χ0v) is 13.4. The topological polar surface area (TPSA) is 72.4 Å². The van der Waals surface area contributed by atoms with E-state index < -0.39 is 0 Å². The molecule has 0 bridgehead atoms. The summed E-state index contributed by atoms with van der Waals surface area (Å²) in [4.78, 5) is 14.5. The van der Waals surface area contributed by atoms with Crippen molar-refractivity contribution in [1.82, 2.24) is 10.1 Å². The second-order valence-electron chi connectivity index (χ2n) is 6.02. The van der Waals surface area contributed by atoms with Gasteiger partial charge in [0.15, 0.2) is 0 Å². The predicted octanol–water partition coefficient (Wildman–Crippen LogP) is 2.17. The zero-order valence-electron chi connectivity index (χ0n) is 12.6. The van der Waals surface area contributed by atoms with Gasteiger partial charge in [-0.25, -0.2) is 0 Å². The van der Waals surface area contributed by atoms with E-state index in [1.165, 1.54) is 0 Å². The normalized spacial score (nSPS) is 21.4. The van der Waals surface area contributed by atoms with E-state index in [4.69, 9.17) is 10.3 Å². The second kappa shape index (κ2) is 6.14. The number of nitrogens with zero attached hydrogens (tertiary/aromatic N) is 2. The summed E-state index contributed by atoms with van der Waals surface area (Å²) in [5.74, 6) is 0.630. The Morgan fingerprint density at radius 2 is 2.20 bits per heavy atom. The first-order valence-electron chi connectivity index (χ1n) is 6.86. The fourth-order valence-corrected chi connectivity index (χ4v) is 2.64. The highest BCUT2D eigenvalue weighted by molar-refractivity contribution is 5.96. The summed E-state index contributed by atoms with van der Waals surface area (Å²) in [6.07, 6.45) is 1.54. The van der Waals surface area contributed by atoms with E-state index >= 15 is 0 Å². The summed E-state index contributed by atoms with van der Waals surface area (Å²) in [7, 11) is 0. The number of halogens is 1. The second-order valence-corrected chi connectivity index (χ2v) is 6.02. The summed E-state index contributed by atoms with van der Waals surface area (Å²) in [6.45, 7) is 9.37. The lowest BCUT2D eigenvalue weighted by Gasteiger charge is -2.42. The Bertz CT molecular complexity index is 485. The fourth-order valence-electron chi connectivity index (χ4n) is 2.64. The van der Waals surface area contributed by atoms with E-state index in [-0.39, 0.29) is 29.8 Å². The number of likely N-dealkylation sites (tertiary alicyclic amines) is 1. The van der Waals surface area contributed by atoms with Crippen molar-refractivity contribution >= 4 is 18.3 Å². The third-order valence-electron chi connectivity index (χ3n) is 4.08. The van der Waals surface area contributed by atoms with Gasteiger partial charge in [-0.05, 0) is 25.2 Å². The van der Waals surface area contributed by atoms with Crippen LogP contribution in [0, 0.1) is 12.3 Å². The lowest BCUT2D eigenvalue weighted by atomic mass is 9.79. The molecule has 5 nitrogen and oxygen atoms in total. The van der Waals surface area contributed by atoms with Crippen LogP contribution >= 0.6 is 12.4 Å². The number of piperidine rings is 1. The average Bonchev–Trinajstić information content (AvgIpc) is 2.73. The molecule has 1 saturated heterocycles. The molecule has 114 valence electrons. The van der Waals surface area contributed by atoms with Gasteiger partial charge in [-0.2, -0.15) is 0 Å². The molecule has 2 N–H and O–H groups in total. The number of aromatic nitrogens is 1. The quantitative estimate of drug-likeness (QED) is 0.908. The number of amides is 1. The van der Waals surface area contributed by atoms with Crippen LogP contribution in [0.25, 0.3) is 0 Å². The minimum absolute atomic E-state index is 0. The number of aryl methyl sites for hydroxylation is 2. The summed E-state index contributed by atoms with van der Waals surface area (Å²) in [5.41, 5.74) is 7.44. The lowest BCUT2D eigenvalue weighted by molar-refractivity contribution is 0.0530. The Hall–Kier alpha value is -1.07. The summed E-state index contributed by atoms with van der Waals surface area (Å²) >= 11 is 0. The summed E-state index contributed by atoms with van der Waals surface area (Å²) in [5, 5.41) is 3.95. The highest BCUT2D eigenvalue weighted by Crippen LogP contribution is 2.29.